The summed E-state index contributed by atoms with van der Waals surface area (Å²) in [7, 11) is 1.62. The number of nitrogens with one attached hydrogen (secondary N) is 1. The summed E-state index contributed by atoms with van der Waals surface area (Å²) in [6, 6.07) is 14.8. The standard InChI is InChI=1S/C22H21N3O3S/c1-14-8-10-15(11-9-14)22(2)20(26)25(21(27)24-22)12-16-13-29-19(23-16)17-6-4-5-7-18(17)28-3/h4-11,13H,12H2,1-3H3,(H,24,27). The molecule has 6 nitrogen and oxygen atoms in total. The molecule has 7 heteroatoms. The van der Waals surface area contributed by atoms with Crippen LogP contribution in [0.25, 0.3) is 10.6 Å². The van der Waals surface area contributed by atoms with E-state index in [0.29, 0.717) is 5.69 Å². The number of nitrogens with zero attached hydrogens (tertiary/aromatic N) is 2. The third-order valence-corrected chi connectivity index (χ3v) is 6.04. The van der Waals surface area contributed by atoms with Gasteiger partial charge in [0.25, 0.3) is 5.91 Å². The Kier molecular flexibility index (Phi) is 4.84. The van der Waals surface area contributed by atoms with Crippen molar-refractivity contribution in [3.63, 3.8) is 0 Å². The first-order chi connectivity index (χ1) is 13.9. The van der Waals surface area contributed by atoms with Crippen LogP contribution in [0.15, 0.2) is 53.9 Å². The lowest BCUT2D eigenvalue weighted by Gasteiger charge is -2.22. The molecule has 3 amide bonds. The van der Waals surface area contributed by atoms with E-state index in [0.717, 1.165) is 27.4 Å². The lowest BCUT2D eigenvalue weighted by Crippen LogP contribution is -2.40. The largest absolute Gasteiger partial charge is 0.496 e. The topological polar surface area (TPSA) is 71.5 Å². The van der Waals surface area contributed by atoms with Gasteiger partial charge in [-0.2, -0.15) is 0 Å². The fourth-order valence-corrected chi connectivity index (χ4v) is 4.25. The van der Waals surface area contributed by atoms with E-state index in [2.05, 4.69) is 10.3 Å². The van der Waals surface area contributed by atoms with Crippen LogP contribution in [-0.4, -0.2) is 28.9 Å². The molecule has 1 atom stereocenters. The van der Waals surface area contributed by atoms with Crippen LogP contribution in [0.4, 0.5) is 4.79 Å². The van der Waals surface area contributed by atoms with E-state index < -0.39 is 11.6 Å². The second kappa shape index (κ2) is 7.33. The Hall–Kier alpha value is -3.19. The molecule has 2 aromatic carbocycles. The Morgan fingerprint density at radius 3 is 2.59 bits per heavy atom. The minimum absolute atomic E-state index is 0.123. The van der Waals surface area contributed by atoms with E-state index in [-0.39, 0.29) is 12.5 Å². The molecule has 1 aliphatic heterocycles. The van der Waals surface area contributed by atoms with Gasteiger partial charge in [-0.15, -0.1) is 11.3 Å². The minimum Gasteiger partial charge on any atom is -0.496 e. The lowest BCUT2D eigenvalue weighted by molar-refractivity contribution is -0.131. The van der Waals surface area contributed by atoms with Crippen LogP contribution < -0.4 is 10.1 Å². The van der Waals surface area contributed by atoms with Gasteiger partial charge in [-0.25, -0.2) is 9.78 Å². The van der Waals surface area contributed by atoms with Gasteiger partial charge in [0.1, 0.15) is 16.3 Å². The van der Waals surface area contributed by atoms with Crippen LogP contribution >= 0.6 is 11.3 Å². The average Bonchev–Trinajstić information content (AvgIpc) is 3.27. The maximum atomic E-state index is 13.1. The number of thiazole rings is 1. The molecule has 3 aromatic rings. The summed E-state index contributed by atoms with van der Waals surface area (Å²) in [5.74, 6) is 0.452. The van der Waals surface area contributed by atoms with Crippen LogP contribution in [-0.2, 0) is 16.9 Å². The molecular formula is C22H21N3O3S. The summed E-state index contributed by atoms with van der Waals surface area (Å²) in [6.45, 7) is 3.84. The zero-order chi connectivity index (χ0) is 20.6. The number of benzene rings is 2. The van der Waals surface area contributed by atoms with Crippen LogP contribution in [0.2, 0.25) is 0 Å². The average molecular weight is 407 g/mol. The highest BCUT2D eigenvalue weighted by Gasteiger charge is 2.49. The number of hydrogen-bond acceptors (Lipinski definition) is 5. The summed E-state index contributed by atoms with van der Waals surface area (Å²) in [4.78, 5) is 31.5. The number of aryl methyl sites for hydroxylation is 1. The van der Waals surface area contributed by atoms with E-state index in [1.54, 1.807) is 14.0 Å². The maximum Gasteiger partial charge on any atom is 0.325 e. The van der Waals surface area contributed by atoms with Gasteiger partial charge in [0.15, 0.2) is 0 Å². The number of para-hydroxylation sites is 1. The minimum atomic E-state index is -1.08. The number of methoxy groups -OCH3 is 1. The number of hydrogen-bond donors (Lipinski definition) is 1. The van der Waals surface area contributed by atoms with Crippen molar-refractivity contribution < 1.29 is 14.3 Å². The maximum absolute atomic E-state index is 13.1. The van der Waals surface area contributed by atoms with Gasteiger partial charge in [-0.3, -0.25) is 9.69 Å². The molecule has 0 bridgehead atoms. The normalized spacial score (nSPS) is 18.8. The van der Waals surface area contributed by atoms with Crippen molar-refractivity contribution in [2.24, 2.45) is 0 Å². The van der Waals surface area contributed by atoms with Gasteiger partial charge in [-0.1, -0.05) is 42.0 Å². The molecule has 148 valence electrons. The zero-order valence-electron chi connectivity index (χ0n) is 16.4. The summed E-state index contributed by atoms with van der Waals surface area (Å²) >= 11 is 1.46. The first kappa shape index (κ1) is 19.1. The van der Waals surface area contributed by atoms with E-state index in [1.165, 1.54) is 16.2 Å². The van der Waals surface area contributed by atoms with Gasteiger partial charge in [0.2, 0.25) is 0 Å². The summed E-state index contributed by atoms with van der Waals surface area (Å²) in [5.41, 5.74) is 2.32. The number of imide groups is 1. The number of aromatic nitrogens is 1. The quantitative estimate of drug-likeness (QED) is 0.647. The fraction of sp³-hybridized carbons (Fsp3) is 0.227. The smallest absolute Gasteiger partial charge is 0.325 e. The molecule has 0 spiro atoms. The molecule has 0 saturated carbocycles. The molecule has 1 aromatic heterocycles. The number of carbonyl (C=O) groups is 2. The first-order valence-electron chi connectivity index (χ1n) is 9.21. The third kappa shape index (κ3) is 3.38. The Bertz CT molecular complexity index is 1080. The molecule has 1 saturated heterocycles. The van der Waals surface area contributed by atoms with E-state index in [9.17, 15) is 9.59 Å². The second-order valence-electron chi connectivity index (χ2n) is 7.16. The molecule has 4 rings (SSSR count). The van der Waals surface area contributed by atoms with Crippen LogP contribution in [0.3, 0.4) is 0 Å². The molecule has 1 aliphatic rings. The Labute approximate surface area is 173 Å². The van der Waals surface area contributed by atoms with Gasteiger partial charge in [-0.05, 0) is 31.5 Å². The predicted octanol–water partition coefficient (Wildman–Crippen LogP) is 4.09. The van der Waals surface area contributed by atoms with E-state index >= 15 is 0 Å². The lowest BCUT2D eigenvalue weighted by atomic mass is 9.91. The van der Waals surface area contributed by atoms with Crippen LogP contribution in [0.1, 0.15) is 23.7 Å². The summed E-state index contributed by atoms with van der Waals surface area (Å²) in [5, 5.41) is 5.48. The summed E-state index contributed by atoms with van der Waals surface area (Å²) in [6.07, 6.45) is 0. The van der Waals surface area contributed by atoms with Crippen molar-refractivity contribution in [2.75, 3.05) is 7.11 Å². The molecule has 29 heavy (non-hydrogen) atoms. The Balaban J connectivity index is 1.57. The van der Waals surface area contributed by atoms with Gasteiger partial charge >= 0.3 is 6.03 Å². The monoisotopic (exact) mass is 407 g/mol. The van der Waals surface area contributed by atoms with Crippen molar-refractivity contribution in [2.45, 2.75) is 25.9 Å². The van der Waals surface area contributed by atoms with Crippen molar-refractivity contribution in [1.82, 2.24) is 15.2 Å². The molecule has 1 N–H and O–H groups in total. The molecular weight excluding hydrogens is 386 g/mol. The highest BCUT2D eigenvalue weighted by atomic mass is 32.1. The van der Waals surface area contributed by atoms with Crippen molar-refractivity contribution >= 4 is 23.3 Å². The zero-order valence-corrected chi connectivity index (χ0v) is 17.2. The SMILES string of the molecule is COc1ccccc1-c1nc(CN2C(=O)NC(C)(c3ccc(C)cc3)C2=O)cs1. The number of urea groups is 1. The third-order valence-electron chi connectivity index (χ3n) is 5.11. The van der Waals surface area contributed by atoms with E-state index in [4.69, 9.17) is 4.74 Å². The van der Waals surface area contributed by atoms with E-state index in [1.807, 2.05) is 60.8 Å². The predicted molar refractivity (Wildman–Crippen MR) is 112 cm³/mol. The van der Waals surface area contributed by atoms with Crippen molar-refractivity contribution in [3.8, 4) is 16.3 Å². The van der Waals surface area contributed by atoms with Crippen LogP contribution in [0.5, 0.6) is 5.75 Å². The fourth-order valence-electron chi connectivity index (χ4n) is 3.41. The second-order valence-corrected chi connectivity index (χ2v) is 8.01. The van der Waals surface area contributed by atoms with Gasteiger partial charge in [0, 0.05) is 5.38 Å². The molecule has 0 aliphatic carbocycles. The molecule has 1 fully saturated rings. The van der Waals surface area contributed by atoms with Gasteiger partial charge in [0.05, 0.1) is 24.9 Å². The molecule has 2 heterocycles. The van der Waals surface area contributed by atoms with Gasteiger partial charge < -0.3 is 10.1 Å². The number of ether oxygens (including phenoxy) is 1. The number of carbonyl (C=O) groups excluding carboxylic acids is 2. The Morgan fingerprint density at radius 1 is 1.14 bits per heavy atom. The molecule has 0 radical (unpaired) electrons. The number of amides is 3. The first-order valence-corrected chi connectivity index (χ1v) is 10.1. The van der Waals surface area contributed by atoms with Crippen molar-refractivity contribution in [3.05, 3.63) is 70.7 Å². The number of rotatable bonds is 5. The summed E-state index contributed by atoms with van der Waals surface area (Å²) < 4.78 is 5.40. The van der Waals surface area contributed by atoms with Crippen molar-refractivity contribution in [1.29, 1.82) is 0 Å². The van der Waals surface area contributed by atoms with Crippen LogP contribution in [0, 0.1) is 6.92 Å². The highest BCUT2D eigenvalue weighted by molar-refractivity contribution is 7.13. The highest BCUT2D eigenvalue weighted by Crippen LogP contribution is 2.33. The molecule has 1 unspecified atom stereocenters. The Morgan fingerprint density at radius 2 is 1.86 bits per heavy atom.